The molecular weight excluding hydrogens is 278 g/mol. The van der Waals surface area contributed by atoms with Crippen molar-refractivity contribution in [1.29, 1.82) is 0 Å². The summed E-state index contributed by atoms with van der Waals surface area (Å²) in [6, 6.07) is 4.74. The van der Waals surface area contributed by atoms with E-state index in [1.54, 1.807) is 32.9 Å². The van der Waals surface area contributed by atoms with E-state index in [0.717, 1.165) is 0 Å². The molecule has 0 aliphatic rings. The number of ether oxygens (including phenoxy) is 1. The maximum Gasteiger partial charge on any atom is 0.407 e. The quantitative estimate of drug-likeness (QED) is 0.650. The Bertz CT molecular complexity index is 538. The summed E-state index contributed by atoms with van der Waals surface area (Å²) in [4.78, 5) is 11.3. The number of carbonyl (C=O) groups is 1. The molecule has 0 radical (unpaired) electrons. The van der Waals surface area contributed by atoms with Crippen LogP contribution in [-0.2, 0) is 4.74 Å². The minimum atomic E-state index is -0.509. The number of rotatable bonds is 2. The van der Waals surface area contributed by atoms with Crippen LogP contribution in [0.5, 0.6) is 5.75 Å². The number of benzene rings is 1. The van der Waals surface area contributed by atoms with Crippen molar-refractivity contribution in [2.24, 2.45) is 0 Å². The molecule has 0 heterocycles. The molecule has 0 aliphatic heterocycles. The Kier molecular flexibility index (Phi) is 5.72. The first-order chi connectivity index (χ1) is 9.28. The van der Waals surface area contributed by atoms with Crippen molar-refractivity contribution in [3.8, 4) is 17.6 Å². The molecule has 5 heteroatoms. The van der Waals surface area contributed by atoms with Gasteiger partial charge in [-0.05, 0) is 39.0 Å². The number of alkyl carbamates (subject to hydrolysis) is 1. The predicted molar refractivity (Wildman–Crippen MR) is 78.8 cm³/mol. The van der Waals surface area contributed by atoms with Gasteiger partial charge in [0.15, 0.2) is 0 Å². The molecule has 0 unspecified atom stereocenters. The maximum atomic E-state index is 11.3. The first-order valence-corrected chi connectivity index (χ1v) is 6.60. The Labute approximate surface area is 124 Å². The van der Waals surface area contributed by atoms with Crippen LogP contribution < -0.4 is 5.32 Å². The molecule has 0 atom stereocenters. The number of hydrogen-bond donors (Lipinski definition) is 2. The highest BCUT2D eigenvalue weighted by Crippen LogP contribution is 2.20. The molecule has 1 aromatic carbocycles. The van der Waals surface area contributed by atoms with Crippen LogP contribution in [0.3, 0.4) is 0 Å². The van der Waals surface area contributed by atoms with E-state index >= 15 is 0 Å². The predicted octanol–water partition coefficient (Wildman–Crippen LogP) is 3.31. The zero-order valence-corrected chi connectivity index (χ0v) is 12.5. The van der Waals surface area contributed by atoms with Gasteiger partial charge in [-0.2, -0.15) is 0 Å². The molecule has 20 heavy (non-hydrogen) atoms. The number of aromatic hydroxyl groups is 1. The molecule has 0 aliphatic carbocycles. The van der Waals surface area contributed by atoms with E-state index in [0.29, 0.717) is 23.6 Å². The van der Waals surface area contributed by atoms with Gasteiger partial charge in [0, 0.05) is 18.0 Å². The van der Waals surface area contributed by atoms with E-state index in [4.69, 9.17) is 16.3 Å². The van der Waals surface area contributed by atoms with Crippen molar-refractivity contribution in [3.05, 3.63) is 28.8 Å². The van der Waals surface area contributed by atoms with Gasteiger partial charge in [-0.25, -0.2) is 4.79 Å². The van der Waals surface area contributed by atoms with Gasteiger partial charge in [0.25, 0.3) is 0 Å². The van der Waals surface area contributed by atoms with Crippen LogP contribution >= 0.6 is 11.6 Å². The Morgan fingerprint density at radius 1 is 1.45 bits per heavy atom. The molecule has 1 rings (SSSR count). The molecule has 4 nitrogen and oxygen atoms in total. The van der Waals surface area contributed by atoms with Gasteiger partial charge in [-0.15, -0.1) is 0 Å². The Hall–Kier alpha value is -1.86. The van der Waals surface area contributed by atoms with Gasteiger partial charge in [0.2, 0.25) is 0 Å². The average Bonchev–Trinajstić information content (AvgIpc) is 2.28. The van der Waals surface area contributed by atoms with Gasteiger partial charge >= 0.3 is 6.09 Å². The van der Waals surface area contributed by atoms with Crippen LogP contribution in [0.15, 0.2) is 18.2 Å². The fourth-order valence-electron chi connectivity index (χ4n) is 1.31. The van der Waals surface area contributed by atoms with Gasteiger partial charge in [-0.1, -0.05) is 23.4 Å². The van der Waals surface area contributed by atoms with Crippen LogP contribution in [0.2, 0.25) is 5.02 Å². The van der Waals surface area contributed by atoms with E-state index in [1.807, 2.05) is 0 Å². The van der Waals surface area contributed by atoms with E-state index in [1.165, 1.54) is 6.07 Å². The zero-order valence-electron chi connectivity index (χ0n) is 11.8. The fraction of sp³-hybridized carbons (Fsp3) is 0.400. The molecule has 0 bridgehead atoms. The van der Waals surface area contributed by atoms with Crippen LogP contribution in [0.4, 0.5) is 4.79 Å². The third-order valence-electron chi connectivity index (χ3n) is 2.10. The fourth-order valence-corrected chi connectivity index (χ4v) is 1.48. The minimum absolute atomic E-state index is 0.0464. The average molecular weight is 296 g/mol. The van der Waals surface area contributed by atoms with Crippen molar-refractivity contribution >= 4 is 17.7 Å². The summed E-state index contributed by atoms with van der Waals surface area (Å²) in [5.41, 5.74) is -0.00289. The second-order valence-corrected chi connectivity index (χ2v) is 5.58. The van der Waals surface area contributed by atoms with Crippen molar-refractivity contribution in [1.82, 2.24) is 5.32 Å². The summed E-state index contributed by atoms with van der Waals surface area (Å²) in [5.74, 6) is 5.71. The summed E-state index contributed by atoms with van der Waals surface area (Å²) in [6.07, 6.45) is -0.00459. The Morgan fingerprint density at radius 2 is 2.15 bits per heavy atom. The standard InChI is InChI=1S/C15H18ClNO3/c1-15(2,3)20-14(19)17-9-5-4-6-11-7-8-12(16)10-13(11)18/h7-8,10,18H,5,9H2,1-3H3,(H,17,19). The third kappa shape index (κ3) is 6.35. The van der Waals surface area contributed by atoms with Gasteiger partial charge < -0.3 is 15.2 Å². The second-order valence-electron chi connectivity index (χ2n) is 5.14. The molecule has 1 aromatic rings. The number of phenols is 1. The van der Waals surface area contributed by atoms with E-state index in [2.05, 4.69) is 17.2 Å². The summed E-state index contributed by atoms with van der Waals surface area (Å²) in [6.45, 7) is 5.79. The van der Waals surface area contributed by atoms with Crippen LogP contribution in [-0.4, -0.2) is 23.3 Å². The topological polar surface area (TPSA) is 58.6 Å². The lowest BCUT2D eigenvalue weighted by molar-refractivity contribution is 0.0529. The number of carbonyl (C=O) groups excluding carboxylic acids is 1. The molecule has 108 valence electrons. The molecular formula is C15H18ClNO3. The SMILES string of the molecule is CC(C)(C)OC(=O)NCCC#Cc1ccc(Cl)cc1O. The van der Waals surface area contributed by atoms with Crippen LogP contribution in [0, 0.1) is 11.8 Å². The first-order valence-electron chi connectivity index (χ1n) is 6.22. The Morgan fingerprint density at radius 3 is 2.75 bits per heavy atom. The van der Waals surface area contributed by atoms with Gasteiger partial charge in [0.1, 0.15) is 11.4 Å². The minimum Gasteiger partial charge on any atom is -0.507 e. The van der Waals surface area contributed by atoms with Crippen LogP contribution in [0.1, 0.15) is 32.8 Å². The number of nitrogens with one attached hydrogen (secondary N) is 1. The molecule has 0 spiro atoms. The summed E-state index contributed by atoms with van der Waals surface area (Å²) in [7, 11) is 0. The highest BCUT2D eigenvalue weighted by atomic mass is 35.5. The highest BCUT2D eigenvalue weighted by molar-refractivity contribution is 6.30. The molecule has 0 aromatic heterocycles. The van der Waals surface area contributed by atoms with Crippen molar-refractivity contribution < 1.29 is 14.6 Å². The lowest BCUT2D eigenvalue weighted by atomic mass is 10.2. The molecule has 0 fully saturated rings. The largest absolute Gasteiger partial charge is 0.507 e. The van der Waals surface area contributed by atoms with Gasteiger partial charge in [0.05, 0.1) is 5.56 Å². The van der Waals surface area contributed by atoms with Crippen LogP contribution in [0.25, 0.3) is 0 Å². The number of hydrogen-bond acceptors (Lipinski definition) is 3. The maximum absolute atomic E-state index is 11.3. The number of phenolic OH excluding ortho intramolecular Hbond substituents is 1. The van der Waals surface area contributed by atoms with Crippen molar-refractivity contribution in [2.75, 3.05) is 6.54 Å². The normalized spacial score (nSPS) is 10.4. The summed E-state index contributed by atoms with van der Waals surface area (Å²) in [5, 5.41) is 12.6. The number of amides is 1. The summed E-state index contributed by atoms with van der Waals surface area (Å²) >= 11 is 5.72. The van der Waals surface area contributed by atoms with E-state index < -0.39 is 11.7 Å². The zero-order chi connectivity index (χ0) is 15.2. The lowest BCUT2D eigenvalue weighted by Crippen LogP contribution is -2.32. The van der Waals surface area contributed by atoms with Gasteiger partial charge in [-0.3, -0.25) is 0 Å². The van der Waals surface area contributed by atoms with E-state index in [-0.39, 0.29) is 5.75 Å². The summed E-state index contributed by atoms with van der Waals surface area (Å²) < 4.78 is 5.08. The number of halogens is 1. The van der Waals surface area contributed by atoms with Crippen molar-refractivity contribution in [2.45, 2.75) is 32.8 Å². The molecule has 0 saturated heterocycles. The van der Waals surface area contributed by atoms with E-state index in [9.17, 15) is 9.90 Å². The highest BCUT2D eigenvalue weighted by Gasteiger charge is 2.15. The van der Waals surface area contributed by atoms with Crippen molar-refractivity contribution in [3.63, 3.8) is 0 Å². The molecule has 0 saturated carbocycles. The first kappa shape index (κ1) is 16.2. The monoisotopic (exact) mass is 295 g/mol. The molecule has 2 N–H and O–H groups in total. The molecule has 1 amide bonds. The smallest absolute Gasteiger partial charge is 0.407 e. The lowest BCUT2D eigenvalue weighted by Gasteiger charge is -2.19. The third-order valence-corrected chi connectivity index (χ3v) is 2.34. The second kappa shape index (κ2) is 7.06. The Balaban J connectivity index is 2.38.